The number of piperidine rings is 1. The van der Waals surface area contributed by atoms with Crippen molar-refractivity contribution in [3.05, 3.63) is 0 Å². The number of amides is 1. The summed E-state index contributed by atoms with van der Waals surface area (Å²) >= 11 is 0. The molecule has 3 N–H and O–H groups in total. The zero-order chi connectivity index (χ0) is 12.3. The zero-order valence-corrected chi connectivity index (χ0v) is 10.8. The predicted octanol–water partition coefficient (Wildman–Crippen LogP) is 1.27. The van der Waals surface area contributed by atoms with Crippen molar-refractivity contribution in [2.45, 2.75) is 51.5 Å². The molecule has 1 heterocycles. The Morgan fingerprint density at radius 2 is 2.06 bits per heavy atom. The monoisotopic (exact) mass is 239 g/mol. The SMILES string of the molecule is CC(CN1CCC[C@H]2CCCC[C@H]21)C(=O)NN. The Hall–Kier alpha value is -0.610. The van der Waals surface area contributed by atoms with Gasteiger partial charge < -0.3 is 0 Å². The molecule has 1 aliphatic carbocycles. The van der Waals surface area contributed by atoms with Gasteiger partial charge in [0.05, 0.1) is 0 Å². The van der Waals surface area contributed by atoms with Crippen molar-refractivity contribution in [2.75, 3.05) is 13.1 Å². The molecule has 1 saturated heterocycles. The van der Waals surface area contributed by atoms with Gasteiger partial charge in [0.1, 0.15) is 0 Å². The van der Waals surface area contributed by atoms with Crippen molar-refractivity contribution in [1.82, 2.24) is 10.3 Å². The van der Waals surface area contributed by atoms with Crippen LogP contribution in [-0.2, 0) is 4.79 Å². The fourth-order valence-electron chi connectivity index (χ4n) is 3.53. The highest BCUT2D eigenvalue weighted by molar-refractivity contribution is 5.77. The topological polar surface area (TPSA) is 58.4 Å². The van der Waals surface area contributed by atoms with Crippen molar-refractivity contribution in [3.8, 4) is 0 Å². The lowest BCUT2D eigenvalue weighted by Gasteiger charge is -2.44. The fourth-order valence-corrected chi connectivity index (χ4v) is 3.53. The van der Waals surface area contributed by atoms with E-state index in [4.69, 9.17) is 5.84 Å². The van der Waals surface area contributed by atoms with Crippen LogP contribution in [0, 0.1) is 11.8 Å². The number of nitrogens with one attached hydrogen (secondary N) is 1. The molecule has 2 fully saturated rings. The van der Waals surface area contributed by atoms with Gasteiger partial charge in [0.25, 0.3) is 0 Å². The first kappa shape index (κ1) is 12.8. The van der Waals surface area contributed by atoms with Crippen molar-refractivity contribution >= 4 is 5.91 Å². The van der Waals surface area contributed by atoms with Crippen LogP contribution in [0.25, 0.3) is 0 Å². The highest BCUT2D eigenvalue weighted by Gasteiger charge is 2.34. The molecular weight excluding hydrogens is 214 g/mol. The van der Waals surface area contributed by atoms with Gasteiger partial charge in [0, 0.05) is 18.5 Å². The lowest BCUT2D eigenvalue weighted by Crippen LogP contribution is -2.50. The number of nitrogens with zero attached hydrogens (tertiary/aromatic N) is 1. The third kappa shape index (κ3) is 2.99. The Morgan fingerprint density at radius 3 is 2.82 bits per heavy atom. The maximum absolute atomic E-state index is 11.5. The normalized spacial score (nSPS) is 31.6. The number of carbonyl (C=O) groups is 1. The molecule has 2 aliphatic rings. The van der Waals surface area contributed by atoms with E-state index in [9.17, 15) is 4.79 Å². The molecule has 1 saturated carbocycles. The number of hydrazine groups is 1. The molecule has 0 aromatic rings. The van der Waals surface area contributed by atoms with Crippen molar-refractivity contribution in [3.63, 3.8) is 0 Å². The number of hydrogen-bond donors (Lipinski definition) is 2. The van der Waals surface area contributed by atoms with Gasteiger partial charge >= 0.3 is 0 Å². The van der Waals surface area contributed by atoms with Gasteiger partial charge in [-0.15, -0.1) is 0 Å². The molecule has 1 amide bonds. The summed E-state index contributed by atoms with van der Waals surface area (Å²) < 4.78 is 0. The summed E-state index contributed by atoms with van der Waals surface area (Å²) in [5.41, 5.74) is 2.26. The van der Waals surface area contributed by atoms with Crippen LogP contribution in [0.5, 0.6) is 0 Å². The summed E-state index contributed by atoms with van der Waals surface area (Å²) in [5.74, 6) is 6.03. The molecule has 1 aliphatic heterocycles. The van der Waals surface area contributed by atoms with E-state index in [-0.39, 0.29) is 11.8 Å². The number of carbonyl (C=O) groups excluding carboxylic acids is 1. The second kappa shape index (κ2) is 5.83. The number of rotatable bonds is 3. The highest BCUT2D eigenvalue weighted by Crippen LogP contribution is 2.35. The third-order valence-electron chi connectivity index (χ3n) is 4.46. The smallest absolute Gasteiger partial charge is 0.237 e. The number of hydrogen-bond acceptors (Lipinski definition) is 3. The maximum Gasteiger partial charge on any atom is 0.237 e. The minimum Gasteiger partial charge on any atom is -0.299 e. The average Bonchev–Trinajstić information content (AvgIpc) is 2.38. The molecule has 0 aromatic carbocycles. The van der Waals surface area contributed by atoms with E-state index in [1.807, 2.05) is 6.92 Å². The fraction of sp³-hybridized carbons (Fsp3) is 0.923. The Bertz CT molecular complexity index is 267. The molecule has 0 aromatic heterocycles. The van der Waals surface area contributed by atoms with Crippen LogP contribution in [0.4, 0.5) is 0 Å². The van der Waals surface area contributed by atoms with E-state index in [2.05, 4.69) is 10.3 Å². The van der Waals surface area contributed by atoms with Crippen molar-refractivity contribution in [2.24, 2.45) is 17.7 Å². The van der Waals surface area contributed by atoms with E-state index in [0.29, 0.717) is 0 Å². The summed E-state index contributed by atoms with van der Waals surface area (Å²) in [4.78, 5) is 14.0. The predicted molar refractivity (Wildman–Crippen MR) is 68.0 cm³/mol. The van der Waals surface area contributed by atoms with Crippen LogP contribution in [-0.4, -0.2) is 29.9 Å². The Labute approximate surface area is 104 Å². The molecule has 4 nitrogen and oxygen atoms in total. The van der Waals surface area contributed by atoms with E-state index < -0.39 is 0 Å². The minimum absolute atomic E-state index is 0.000626. The highest BCUT2D eigenvalue weighted by atomic mass is 16.2. The molecule has 4 heteroatoms. The standard InChI is InChI=1S/C13H25N3O/c1-10(13(17)15-14)9-16-8-4-6-11-5-2-3-7-12(11)16/h10-12H,2-9,14H2,1H3,(H,15,17)/t10?,11-,12-/m1/s1. The third-order valence-corrected chi connectivity index (χ3v) is 4.46. The van der Waals surface area contributed by atoms with Crippen LogP contribution >= 0.6 is 0 Å². The molecule has 0 spiro atoms. The number of fused-ring (bicyclic) bond motifs is 1. The second-order valence-corrected chi connectivity index (χ2v) is 5.66. The molecule has 98 valence electrons. The van der Waals surface area contributed by atoms with Gasteiger partial charge in [-0.25, -0.2) is 5.84 Å². The van der Waals surface area contributed by atoms with Gasteiger partial charge in [-0.2, -0.15) is 0 Å². The Morgan fingerprint density at radius 1 is 1.35 bits per heavy atom. The van der Waals surface area contributed by atoms with Crippen LogP contribution in [0.3, 0.4) is 0 Å². The summed E-state index contributed by atoms with van der Waals surface area (Å²) in [6.45, 7) is 3.99. The molecule has 17 heavy (non-hydrogen) atoms. The van der Waals surface area contributed by atoms with Gasteiger partial charge in [-0.05, 0) is 38.1 Å². The van der Waals surface area contributed by atoms with Gasteiger partial charge in [-0.1, -0.05) is 19.8 Å². The van der Waals surface area contributed by atoms with E-state index >= 15 is 0 Å². The van der Waals surface area contributed by atoms with Crippen LogP contribution in [0.1, 0.15) is 45.4 Å². The molecule has 2 rings (SSSR count). The van der Waals surface area contributed by atoms with Gasteiger partial charge in [-0.3, -0.25) is 15.1 Å². The summed E-state index contributed by atoms with van der Waals surface area (Å²) in [6.07, 6.45) is 8.14. The zero-order valence-electron chi connectivity index (χ0n) is 10.8. The van der Waals surface area contributed by atoms with E-state index in [1.165, 1.54) is 38.5 Å². The lowest BCUT2D eigenvalue weighted by molar-refractivity contribution is -0.125. The quantitative estimate of drug-likeness (QED) is 0.443. The Kier molecular flexibility index (Phi) is 4.40. The summed E-state index contributed by atoms with van der Waals surface area (Å²) in [6, 6.07) is 0.727. The first-order valence-electron chi connectivity index (χ1n) is 6.97. The molecular formula is C13H25N3O. The summed E-state index contributed by atoms with van der Waals surface area (Å²) in [5, 5.41) is 0. The summed E-state index contributed by atoms with van der Waals surface area (Å²) in [7, 11) is 0. The molecule has 1 unspecified atom stereocenters. The van der Waals surface area contributed by atoms with E-state index in [0.717, 1.165) is 25.0 Å². The number of nitrogens with two attached hydrogens (primary N) is 1. The second-order valence-electron chi connectivity index (χ2n) is 5.66. The minimum atomic E-state index is -0.0390. The molecule has 0 radical (unpaired) electrons. The number of likely N-dealkylation sites (tertiary alicyclic amines) is 1. The van der Waals surface area contributed by atoms with Crippen LogP contribution < -0.4 is 11.3 Å². The van der Waals surface area contributed by atoms with Crippen LogP contribution in [0.15, 0.2) is 0 Å². The first-order valence-corrected chi connectivity index (χ1v) is 6.97. The van der Waals surface area contributed by atoms with Crippen LogP contribution in [0.2, 0.25) is 0 Å². The van der Waals surface area contributed by atoms with Crippen molar-refractivity contribution < 1.29 is 4.79 Å². The van der Waals surface area contributed by atoms with Crippen molar-refractivity contribution in [1.29, 1.82) is 0 Å². The maximum atomic E-state index is 11.5. The average molecular weight is 239 g/mol. The molecule has 0 bridgehead atoms. The lowest BCUT2D eigenvalue weighted by atomic mass is 9.78. The van der Waals surface area contributed by atoms with Gasteiger partial charge in [0.15, 0.2) is 0 Å². The Balaban J connectivity index is 1.92. The first-order chi connectivity index (χ1) is 8.22. The largest absolute Gasteiger partial charge is 0.299 e. The molecule has 3 atom stereocenters. The van der Waals surface area contributed by atoms with Gasteiger partial charge in [0.2, 0.25) is 5.91 Å². The van der Waals surface area contributed by atoms with E-state index in [1.54, 1.807) is 0 Å².